The maximum atomic E-state index is 12.1. The maximum absolute atomic E-state index is 12.1. The number of nitrogens with one attached hydrogen (secondary N) is 1. The third-order valence-corrected chi connectivity index (χ3v) is 3.04. The predicted octanol–water partition coefficient (Wildman–Crippen LogP) is 2.03. The molecular weight excluding hydrogens is 240 g/mol. The van der Waals surface area contributed by atoms with Crippen LogP contribution in [0.4, 0.5) is 0 Å². The van der Waals surface area contributed by atoms with Gasteiger partial charge in [-0.3, -0.25) is 4.79 Å². The summed E-state index contributed by atoms with van der Waals surface area (Å²) >= 11 is 0. The zero-order valence-corrected chi connectivity index (χ0v) is 11.4. The highest BCUT2D eigenvalue weighted by Crippen LogP contribution is 2.13. The lowest BCUT2D eigenvalue weighted by Crippen LogP contribution is -2.48. The molecule has 1 amide bonds. The topological polar surface area (TPSA) is 73.1 Å². The summed E-state index contributed by atoms with van der Waals surface area (Å²) in [7, 11) is 0. The molecule has 0 spiro atoms. The van der Waals surface area contributed by atoms with Gasteiger partial charge in [0.25, 0.3) is 5.91 Å². The SMILES string of the molecule is CCC[C@](C)(CO)NC(=O)c1cccc(CC#N)c1. The van der Waals surface area contributed by atoms with Gasteiger partial charge in [-0.15, -0.1) is 0 Å². The van der Waals surface area contributed by atoms with Crippen molar-refractivity contribution in [1.29, 1.82) is 5.26 Å². The normalized spacial score (nSPS) is 13.4. The van der Waals surface area contributed by atoms with Crippen LogP contribution >= 0.6 is 0 Å². The third kappa shape index (κ3) is 4.38. The van der Waals surface area contributed by atoms with Crippen molar-refractivity contribution in [2.45, 2.75) is 38.6 Å². The number of nitriles is 1. The second-order valence-electron chi connectivity index (χ2n) is 4.96. The Morgan fingerprint density at radius 2 is 2.26 bits per heavy atom. The molecule has 0 heterocycles. The summed E-state index contributed by atoms with van der Waals surface area (Å²) in [6.45, 7) is 3.74. The van der Waals surface area contributed by atoms with Crippen LogP contribution in [0.15, 0.2) is 24.3 Å². The maximum Gasteiger partial charge on any atom is 0.251 e. The van der Waals surface area contributed by atoms with Gasteiger partial charge in [-0.05, 0) is 31.0 Å². The second kappa shape index (κ2) is 6.91. The number of aliphatic hydroxyl groups is 1. The van der Waals surface area contributed by atoms with E-state index in [9.17, 15) is 9.90 Å². The monoisotopic (exact) mass is 260 g/mol. The number of carbonyl (C=O) groups is 1. The quantitative estimate of drug-likeness (QED) is 0.822. The Morgan fingerprint density at radius 1 is 1.53 bits per heavy atom. The number of amides is 1. The first-order chi connectivity index (χ1) is 9.04. The minimum absolute atomic E-state index is 0.0928. The van der Waals surface area contributed by atoms with Gasteiger partial charge in [-0.25, -0.2) is 0 Å². The molecule has 0 saturated carbocycles. The molecule has 1 aromatic rings. The average molecular weight is 260 g/mol. The van der Waals surface area contributed by atoms with Crippen LogP contribution in [0, 0.1) is 11.3 Å². The molecule has 0 aliphatic carbocycles. The molecule has 0 aliphatic rings. The molecule has 1 aromatic carbocycles. The van der Waals surface area contributed by atoms with E-state index >= 15 is 0 Å². The van der Waals surface area contributed by atoms with E-state index in [-0.39, 0.29) is 18.9 Å². The fourth-order valence-corrected chi connectivity index (χ4v) is 1.99. The molecule has 102 valence electrons. The number of benzene rings is 1. The first kappa shape index (κ1) is 15.2. The fourth-order valence-electron chi connectivity index (χ4n) is 1.99. The molecule has 0 aliphatic heterocycles. The lowest BCUT2D eigenvalue weighted by atomic mass is 9.96. The van der Waals surface area contributed by atoms with E-state index in [1.807, 2.05) is 19.9 Å². The van der Waals surface area contributed by atoms with E-state index in [0.29, 0.717) is 12.0 Å². The van der Waals surface area contributed by atoms with Crippen LogP contribution in [0.2, 0.25) is 0 Å². The Bertz CT molecular complexity index is 479. The van der Waals surface area contributed by atoms with Crippen molar-refractivity contribution in [1.82, 2.24) is 5.32 Å². The molecule has 0 radical (unpaired) electrons. The van der Waals surface area contributed by atoms with Gasteiger partial charge in [0.1, 0.15) is 0 Å². The van der Waals surface area contributed by atoms with Gasteiger partial charge < -0.3 is 10.4 Å². The lowest BCUT2D eigenvalue weighted by Gasteiger charge is -2.28. The van der Waals surface area contributed by atoms with Crippen molar-refractivity contribution < 1.29 is 9.90 Å². The first-order valence-electron chi connectivity index (χ1n) is 6.44. The zero-order chi connectivity index (χ0) is 14.3. The van der Waals surface area contributed by atoms with Crippen molar-refractivity contribution >= 4 is 5.91 Å². The van der Waals surface area contributed by atoms with Crippen LogP contribution < -0.4 is 5.32 Å². The number of hydrogen-bond acceptors (Lipinski definition) is 3. The molecule has 19 heavy (non-hydrogen) atoms. The van der Waals surface area contributed by atoms with Gasteiger partial charge in [0.15, 0.2) is 0 Å². The Labute approximate surface area is 114 Å². The molecule has 0 saturated heterocycles. The standard InChI is InChI=1S/C15H20N2O2/c1-3-8-15(2,11-18)17-14(19)13-6-4-5-12(10-13)7-9-16/h4-6,10,18H,3,7-8,11H2,1-2H3,(H,17,19)/t15-/m1/s1. The van der Waals surface area contributed by atoms with E-state index in [4.69, 9.17) is 5.26 Å². The molecule has 0 fully saturated rings. The molecule has 1 atom stereocenters. The summed E-state index contributed by atoms with van der Waals surface area (Å²) in [4.78, 5) is 12.1. The minimum atomic E-state index is -0.600. The smallest absolute Gasteiger partial charge is 0.251 e. The highest BCUT2D eigenvalue weighted by atomic mass is 16.3. The molecule has 4 nitrogen and oxygen atoms in total. The van der Waals surface area contributed by atoms with Crippen LogP contribution in [0.1, 0.15) is 42.6 Å². The van der Waals surface area contributed by atoms with E-state index in [1.54, 1.807) is 18.2 Å². The molecule has 0 bridgehead atoms. The third-order valence-electron chi connectivity index (χ3n) is 3.04. The van der Waals surface area contributed by atoms with E-state index < -0.39 is 5.54 Å². The van der Waals surface area contributed by atoms with Crippen molar-refractivity contribution in [3.63, 3.8) is 0 Å². The van der Waals surface area contributed by atoms with E-state index in [1.165, 1.54) is 0 Å². The molecule has 0 unspecified atom stereocenters. The largest absolute Gasteiger partial charge is 0.394 e. The van der Waals surface area contributed by atoms with Crippen molar-refractivity contribution in [2.24, 2.45) is 0 Å². The Balaban J connectivity index is 2.83. The Hall–Kier alpha value is -1.86. The molecule has 0 aromatic heterocycles. The van der Waals surface area contributed by atoms with Crippen LogP contribution in [0.5, 0.6) is 0 Å². The molecular formula is C15H20N2O2. The van der Waals surface area contributed by atoms with Gasteiger partial charge in [-0.1, -0.05) is 25.5 Å². The molecule has 2 N–H and O–H groups in total. The van der Waals surface area contributed by atoms with Crippen LogP contribution in [-0.4, -0.2) is 23.2 Å². The van der Waals surface area contributed by atoms with Crippen LogP contribution in [-0.2, 0) is 6.42 Å². The number of hydrogen-bond donors (Lipinski definition) is 2. The van der Waals surface area contributed by atoms with Crippen molar-refractivity contribution in [2.75, 3.05) is 6.61 Å². The summed E-state index contributed by atoms with van der Waals surface area (Å²) in [6.07, 6.45) is 1.88. The number of carbonyl (C=O) groups excluding carboxylic acids is 1. The van der Waals surface area contributed by atoms with E-state index in [0.717, 1.165) is 12.0 Å². The Morgan fingerprint density at radius 3 is 2.84 bits per heavy atom. The Kier molecular flexibility index (Phi) is 5.53. The van der Waals surface area contributed by atoms with Crippen molar-refractivity contribution in [3.05, 3.63) is 35.4 Å². The predicted molar refractivity (Wildman–Crippen MR) is 73.6 cm³/mol. The van der Waals surface area contributed by atoms with E-state index in [2.05, 4.69) is 11.4 Å². The fraction of sp³-hybridized carbons (Fsp3) is 0.467. The van der Waals surface area contributed by atoms with Gasteiger partial charge in [0.05, 0.1) is 24.6 Å². The molecule has 1 rings (SSSR count). The first-order valence-corrected chi connectivity index (χ1v) is 6.44. The highest BCUT2D eigenvalue weighted by Gasteiger charge is 2.24. The second-order valence-corrected chi connectivity index (χ2v) is 4.96. The summed E-state index contributed by atoms with van der Waals surface area (Å²) in [5, 5.41) is 20.9. The van der Waals surface area contributed by atoms with Gasteiger partial charge in [0.2, 0.25) is 0 Å². The summed E-state index contributed by atoms with van der Waals surface area (Å²) in [6, 6.07) is 9.06. The summed E-state index contributed by atoms with van der Waals surface area (Å²) in [5.74, 6) is -0.218. The van der Waals surface area contributed by atoms with Gasteiger partial charge >= 0.3 is 0 Å². The van der Waals surface area contributed by atoms with Gasteiger partial charge in [-0.2, -0.15) is 5.26 Å². The number of aliphatic hydroxyl groups excluding tert-OH is 1. The van der Waals surface area contributed by atoms with Crippen LogP contribution in [0.3, 0.4) is 0 Å². The van der Waals surface area contributed by atoms with Crippen molar-refractivity contribution in [3.8, 4) is 6.07 Å². The molecule has 4 heteroatoms. The number of nitrogens with zero attached hydrogens (tertiary/aromatic N) is 1. The summed E-state index contributed by atoms with van der Waals surface area (Å²) < 4.78 is 0. The van der Waals surface area contributed by atoms with Crippen LogP contribution in [0.25, 0.3) is 0 Å². The number of rotatable bonds is 6. The lowest BCUT2D eigenvalue weighted by molar-refractivity contribution is 0.0841. The highest BCUT2D eigenvalue weighted by molar-refractivity contribution is 5.94. The minimum Gasteiger partial charge on any atom is -0.394 e. The summed E-state index contributed by atoms with van der Waals surface area (Å²) in [5.41, 5.74) is 0.733. The zero-order valence-electron chi connectivity index (χ0n) is 11.4. The van der Waals surface area contributed by atoms with Gasteiger partial charge in [0, 0.05) is 5.56 Å². The average Bonchev–Trinajstić information content (AvgIpc) is 2.39.